The minimum absolute atomic E-state index is 0.0843. The van der Waals surface area contributed by atoms with Crippen molar-refractivity contribution in [3.8, 4) is 0 Å². The van der Waals surface area contributed by atoms with Crippen LogP contribution in [0.1, 0.15) is 12.0 Å². The third kappa shape index (κ3) is 5.70. The lowest BCUT2D eigenvalue weighted by molar-refractivity contribution is -0.115. The van der Waals surface area contributed by atoms with Gasteiger partial charge in [0.25, 0.3) is 0 Å². The molecule has 0 radical (unpaired) electrons. The zero-order valence-corrected chi connectivity index (χ0v) is 15.0. The van der Waals surface area contributed by atoms with Crippen LogP contribution in [0.5, 0.6) is 0 Å². The van der Waals surface area contributed by atoms with Gasteiger partial charge in [-0.1, -0.05) is 0 Å². The van der Waals surface area contributed by atoms with E-state index < -0.39 is 0 Å². The van der Waals surface area contributed by atoms with Crippen LogP contribution in [0.25, 0.3) is 0 Å². The number of amides is 1. The van der Waals surface area contributed by atoms with Gasteiger partial charge < -0.3 is 5.32 Å². The van der Waals surface area contributed by atoms with Gasteiger partial charge in [0.1, 0.15) is 5.82 Å². The molecule has 0 aliphatic rings. The number of thioether (sulfide) groups is 1. The van der Waals surface area contributed by atoms with Gasteiger partial charge >= 0.3 is 0 Å². The fourth-order valence-corrected chi connectivity index (χ4v) is 3.20. The first-order valence-electron chi connectivity index (χ1n) is 8.29. The second-order valence-corrected chi connectivity index (χ2v) is 6.84. The molecule has 0 fully saturated rings. The van der Waals surface area contributed by atoms with Gasteiger partial charge in [0.2, 0.25) is 5.91 Å². The zero-order valence-electron chi connectivity index (χ0n) is 14.1. The second-order valence-electron chi connectivity index (χ2n) is 5.67. The van der Waals surface area contributed by atoms with E-state index in [9.17, 15) is 9.18 Å². The molecule has 1 aromatic carbocycles. The summed E-state index contributed by atoms with van der Waals surface area (Å²) < 4.78 is 14.7. The third-order valence-electron chi connectivity index (χ3n) is 3.70. The van der Waals surface area contributed by atoms with Gasteiger partial charge in [0, 0.05) is 48.3 Å². The summed E-state index contributed by atoms with van der Waals surface area (Å²) in [5.41, 5.74) is 1.19. The van der Waals surface area contributed by atoms with Crippen molar-refractivity contribution < 1.29 is 9.18 Å². The summed E-state index contributed by atoms with van der Waals surface area (Å²) in [4.78, 5) is 16.9. The lowest BCUT2D eigenvalue weighted by atomic mass is 10.2. The SMILES string of the molecule is O=C(CCSc1ccc(F)cc1)Nc1ccn(CCc2ccncc2)n1. The molecule has 3 aromatic rings. The summed E-state index contributed by atoms with van der Waals surface area (Å²) in [5, 5.41) is 7.16. The molecule has 0 atom stereocenters. The number of rotatable bonds is 8. The molecule has 0 unspecified atom stereocenters. The van der Waals surface area contributed by atoms with Crippen molar-refractivity contribution in [3.63, 3.8) is 0 Å². The van der Waals surface area contributed by atoms with Crippen LogP contribution in [0.15, 0.2) is 66.0 Å². The number of aryl methyl sites for hydroxylation is 2. The first kappa shape index (κ1) is 18.1. The van der Waals surface area contributed by atoms with Crippen molar-refractivity contribution in [2.24, 2.45) is 0 Å². The van der Waals surface area contributed by atoms with Crippen LogP contribution < -0.4 is 5.32 Å². The van der Waals surface area contributed by atoms with Crippen LogP contribution in [-0.4, -0.2) is 26.4 Å². The molecule has 7 heteroatoms. The van der Waals surface area contributed by atoms with Gasteiger partial charge in [-0.15, -0.1) is 11.8 Å². The predicted octanol–water partition coefficient (Wildman–Crippen LogP) is 3.78. The lowest BCUT2D eigenvalue weighted by Gasteiger charge is -2.04. The number of anilines is 1. The monoisotopic (exact) mass is 370 g/mol. The Kier molecular flexibility index (Phi) is 6.38. The molecule has 0 saturated carbocycles. The van der Waals surface area contributed by atoms with Crippen molar-refractivity contribution in [1.82, 2.24) is 14.8 Å². The Balaban J connectivity index is 1.40. The summed E-state index contributed by atoms with van der Waals surface area (Å²) in [6.07, 6.45) is 6.62. The molecule has 0 aliphatic carbocycles. The molecule has 1 amide bonds. The van der Waals surface area contributed by atoms with E-state index in [0.29, 0.717) is 18.0 Å². The normalized spacial score (nSPS) is 10.7. The smallest absolute Gasteiger partial charge is 0.226 e. The number of benzene rings is 1. The van der Waals surface area contributed by atoms with Crippen molar-refractivity contribution in [3.05, 3.63) is 72.4 Å². The van der Waals surface area contributed by atoms with Gasteiger partial charge in [-0.05, 0) is 48.4 Å². The number of carbonyl (C=O) groups is 1. The number of aromatic nitrogens is 3. The summed E-state index contributed by atoms with van der Waals surface area (Å²) >= 11 is 1.52. The van der Waals surface area contributed by atoms with Gasteiger partial charge in [-0.2, -0.15) is 5.10 Å². The maximum absolute atomic E-state index is 12.8. The molecular weight excluding hydrogens is 351 g/mol. The Morgan fingerprint density at radius 1 is 1.12 bits per heavy atom. The van der Waals surface area contributed by atoms with Crippen molar-refractivity contribution in [1.29, 1.82) is 0 Å². The third-order valence-corrected chi connectivity index (χ3v) is 4.71. The maximum atomic E-state index is 12.8. The van der Waals surface area contributed by atoms with E-state index in [2.05, 4.69) is 15.4 Å². The number of pyridine rings is 1. The molecule has 0 aliphatic heterocycles. The van der Waals surface area contributed by atoms with E-state index in [1.54, 1.807) is 30.6 Å². The minimum atomic E-state index is -0.258. The number of hydrogen-bond acceptors (Lipinski definition) is 4. The van der Waals surface area contributed by atoms with Crippen LogP contribution in [0.4, 0.5) is 10.2 Å². The predicted molar refractivity (Wildman–Crippen MR) is 101 cm³/mol. The second kappa shape index (κ2) is 9.15. The topological polar surface area (TPSA) is 59.8 Å². The number of halogens is 1. The molecule has 134 valence electrons. The van der Waals surface area contributed by atoms with Crippen LogP contribution in [-0.2, 0) is 17.8 Å². The maximum Gasteiger partial charge on any atom is 0.226 e. The van der Waals surface area contributed by atoms with Crippen LogP contribution in [0.2, 0.25) is 0 Å². The standard InChI is InChI=1S/C19H19FN4OS/c20-16-1-3-17(4-2-16)26-14-9-19(25)22-18-8-13-24(23-18)12-7-15-5-10-21-11-6-15/h1-6,8,10-11,13H,7,9,12,14H2,(H,22,23,25). The van der Waals surface area contributed by atoms with Gasteiger partial charge in [0.15, 0.2) is 5.82 Å². The average molecular weight is 370 g/mol. The van der Waals surface area contributed by atoms with E-state index >= 15 is 0 Å². The van der Waals surface area contributed by atoms with Crippen LogP contribution in [0.3, 0.4) is 0 Å². The number of hydrogen-bond donors (Lipinski definition) is 1. The van der Waals surface area contributed by atoms with Gasteiger partial charge in [-0.3, -0.25) is 14.5 Å². The Labute approximate surface area is 155 Å². The first-order valence-corrected chi connectivity index (χ1v) is 9.28. The Morgan fingerprint density at radius 2 is 1.88 bits per heavy atom. The highest BCUT2D eigenvalue weighted by molar-refractivity contribution is 7.99. The fraction of sp³-hybridized carbons (Fsp3) is 0.211. The Hall–Kier alpha value is -2.67. The zero-order chi connectivity index (χ0) is 18.2. The summed E-state index contributed by atoms with van der Waals surface area (Å²) in [6.45, 7) is 0.736. The van der Waals surface area contributed by atoms with Crippen molar-refractivity contribution >= 4 is 23.5 Å². The molecular formula is C19H19FN4OS. The molecule has 5 nitrogen and oxygen atoms in total. The van der Waals surface area contributed by atoms with E-state index in [4.69, 9.17) is 0 Å². The van der Waals surface area contributed by atoms with Crippen LogP contribution >= 0.6 is 11.8 Å². The lowest BCUT2D eigenvalue weighted by Crippen LogP contribution is -2.13. The molecule has 0 saturated heterocycles. The van der Waals surface area contributed by atoms with E-state index in [1.807, 2.05) is 23.0 Å². The molecule has 3 rings (SSSR count). The molecule has 2 aromatic heterocycles. The molecule has 2 heterocycles. The summed E-state index contributed by atoms with van der Waals surface area (Å²) in [6, 6.07) is 12.0. The highest BCUT2D eigenvalue weighted by Crippen LogP contribution is 2.19. The van der Waals surface area contributed by atoms with E-state index in [-0.39, 0.29) is 11.7 Å². The molecule has 0 bridgehead atoms. The van der Waals surface area contributed by atoms with E-state index in [0.717, 1.165) is 17.9 Å². The van der Waals surface area contributed by atoms with Crippen LogP contribution in [0, 0.1) is 5.82 Å². The van der Waals surface area contributed by atoms with Gasteiger partial charge in [-0.25, -0.2) is 4.39 Å². The Morgan fingerprint density at radius 3 is 2.65 bits per heavy atom. The largest absolute Gasteiger partial charge is 0.309 e. The summed E-state index contributed by atoms with van der Waals surface area (Å²) in [7, 11) is 0. The Bertz CT molecular complexity index is 836. The van der Waals surface area contributed by atoms with Crippen molar-refractivity contribution in [2.45, 2.75) is 24.3 Å². The molecule has 26 heavy (non-hydrogen) atoms. The number of nitrogens with zero attached hydrogens (tertiary/aromatic N) is 3. The number of nitrogens with one attached hydrogen (secondary N) is 1. The minimum Gasteiger partial charge on any atom is -0.309 e. The molecule has 0 spiro atoms. The average Bonchev–Trinajstić information content (AvgIpc) is 3.10. The quantitative estimate of drug-likeness (QED) is 0.613. The molecule has 1 N–H and O–H groups in total. The number of carbonyl (C=O) groups excluding carboxylic acids is 1. The first-order chi connectivity index (χ1) is 12.7. The van der Waals surface area contributed by atoms with E-state index in [1.165, 1.54) is 29.5 Å². The van der Waals surface area contributed by atoms with Crippen molar-refractivity contribution in [2.75, 3.05) is 11.1 Å². The highest BCUT2D eigenvalue weighted by Gasteiger charge is 2.06. The van der Waals surface area contributed by atoms with Gasteiger partial charge in [0.05, 0.1) is 0 Å². The highest BCUT2D eigenvalue weighted by atomic mass is 32.2. The summed E-state index contributed by atoms with van der Waals surface area (Å²) in [5.74, 6) is 0.836. The fourth-order valence-electron chi connectivity index (χ4n) is 2.34.